The van der Waals surface area contributed by atoms with Gasteiger partial charge in [0.25, 0.3) is 0 Å². The van der Waals surface area contributed by atoms with Gasteiger partial charge in [0.05, 0.1) is 22.5 Å². The predicted octanol–water partition coefficient (Wildman–Crippen LogP) is 19.3. The van der Waals surface area contributed by atoms with Gasteiger partial charge in [-0.15, -0.1) is 0 Å². The smallest absolute Gasteiger partial charge is 0.234 e. The minimum Gasteiger partial charge on any atom is -0.309 e. The molecule has 6 aliphatic rings. The van der Waals surface area contributed by atoms with Gasteiger partial charge < -0.3 is 9.47 Å². The molecule has 0 bridgehead atoms. The molecule has 18 rings (SSSR count). The van der Waals surface area contributed by atoms with Crippen LogP contribution in [-0.2, 0) is 10.8 Å². The van der Waals surface area contributed by atoms with Crippen LogP contribution in [0.2, 0.25) is 0 Å². The molecule has 2 aromatic heterocycles. The van der Waals surface area contributed by atoms with Crippen molar-refractivity contribution in [3.05, 3.63) is 311 Å². The second kappa shape index (κ2) is 17.9. The van der Waals surface area contributed by atoms with E-state index in [1.165, 1.54) is 105 Å². The van der Waals surface area contributed by atoms with E-state index in [9.17, 15) is 0 Å². The van der Waals surface area contributed by atoms with Crippen LogP contribution in [0.4, 0.5) is 11.6 Å². The zero-order chi connectivity index (χ0) is 56.3. The molecule has 5 nitrogen and oxygen atoms in total. The maximum atomic E-state index is 5.71. The van der Waals surface area contributed by atoms with Gasteiger partial charge in [-0.05, 0) is 162 Å². The summed E-state index contributed by atoms with van der Waals surface area (Å²) in [5, 5.41) is 2.49. The van der Waals surface area contributed by atoms with Gasteiger partial charge in [0, 0.05) is 44.6 Å². The Labute approximate surface area is 495 Å². The number of hydrogen-bond donors (Lipinski definition) is 0. The summed E-state index contributed by atoms with van der Waals surface area (Å²) in [5.41, 5.74) is 28.0. The number of hydrogen-bond acceptors (Lipinski definition) is 4. The molecule has 0 amide bonds. The summed E-state index contributed by atoms with van der Waals surface area (Å²) < 4.78 is 2.47. The van der Waals surface area contributed by atoms with Gasteiger partial charge in [-0.1, -0.05) is 227 Å². The largest absolute Gasteiger partial charge is 0.309 e. The molecule has 85 heavy (non-hydrogen) atoms. The molecule has 0 N–H and O–H groups in total. The number of fused-ring (bicyclic) bond motifs is 18. The van der Waals surface area contributed by atoms with Gasteiger partial charge in [0.1, 0.15) is 0 Å². The Kier molecular flexibility index (Phi) is 10.2. The lowest BCUT2D eigenvalue weighted by Crippen LogP contribution is -2.43. The fourth-order valence-corrected chi connectivity index (χ4v) is 16.2. The van der Waals surface area contributed by atoms with Crippen molar-refractivity contribution in [1.29, 1.82) is 0 Å². The molecule has 3 unspecified atom stereocenters. The molecular weight excluding hydrogens is 1030 g/mol. The van der Waals surface area contributed by atoms with Gasteiger partial charge in [-0.3, -0.25) is 0 Å². The van der Waals surface area contributed by atoms with Crippen LogP contribution in [-0.4, -0.2) is 25.6 Å². The van der Waals surface area contributed by atoms with Crippen molar-refractivity contribution in [2.75, 3.05) is 4.90 Å². The van der Waals surface area contributed by atoms with E-state index < -0.39 is 5.41 Å². The Morgan fingerprint density at radius 2 is 1.05 bits per heavy atom. The summed E-state index contributed by atoms with van der Waals surface area (Å²) in [6, 6.07) is 87.1. The highest BCUT2D eigenvalue weighted by molar-refractivity contribution is 6.13. The highest BCUT2D eigenvalue weighted by Gasteiger charge is 2.60. The van der Waals surface area contributed by atoms with Gasteiger partial charge in [0.15, 0.2) is 11.6 Å². The molecule has 0 fully saturated rings. The SMILES string of the molecule is CC1CC=CC2=C1C1=C(C3C(C=C1)c1cc(-c4ccc5c(c4)c4cc6c(cc4n5-c4ccccc4)C(C)(C)c4ccccc4-6)ccc1N3c1nc(-c3ccccc3)nc(-c3cccc(-c4ccccc4)c3)n1)C21c2ccccc2-c2ccccc21. The number of rotatable bonds is 6. The average Bonchev–Trinajstić information content (AvgIpc) is 1.66. The molecule has 5 aliphatic carbocycles. The van der Waals surface area contributed by atoms with Gasteiger partial charge in [-0.2, -0.15) is 9.97 Å². The van der Waals surface area contributed by atoms with Gasteiger partial charge in [0.2, 0.25) is 5.95 Å². The van der Waals surface area contributed by atoms with E-state index in [0.717, 1.165) is 40.0 Å². The third-order valence-corrected chi connectivity index (χ3v) is 19.8. The molecule has 0 saturated carbocycles. The minimum absolute atomic E-state index is 0.0531. The van der Waals surface area contributed by atoms with Gasteiger partial charge in [-0.25, -0.2) is 4.98 Å². The molecule has 402 valence electrons. The number of para-hydroxylation sites is 1. The number of benzene rings is 10. The quantitative estimate of drug-likeness (QED) is 0.166. The van der Waals surface area contributed by atoms with Crippen molar-refractivity contribution in [1.82, 2.24) is 19.5 Å². The van der Waals surface area contributed by atoms with E-state index in [4.69, 9.17) is 15.0 Å². The lowest BCUT2D eigenvalue weighted by molar-refractivity contribution is 0.600. The fraction of sp³-hybridized carbons (Fsp3) is 0.113. The molecule has 10 aromatic carbocycles. The number of aromatic nitrogens is 4. The van der Waals surface area contributed by atoms with Crippen LogP contribution in [0, 0.1) is 5.92 Å². The van der Waals surface area contributed by atoms with Crippen molar-refractivity contribution in [2.45, 2.75) is 50.0 Å². The maximum absolute atomic E-state index is 5.71. The van der Waals surface area contributed by atoms with Crippen LogP contribution in [0.5, 0.6) is 0 Å². The third-order valence-electron chi connectivity index (χ3n) is 19.8. The molecule has 0 radical (unpaired) electrons. The van der Waals surface area contributed by atoms with Crippen molar-refractivity contribution in [2.24, 2.45) is 5.92 Å². The normalized spacial score (nSPS) is 18.6. The average molecular weight is 1090 g/mol. The third kappa shape index (κ3) is 6.72. The van der Waals surface area contributed by atoms with Crippen LogP contribution in [0.15, 0.2) is 283 Å². The zero-order valence-electron chi connectivity index (χ0n) is 47.5. The maximum Gasteiger partial charge on any atom is 0.234 e. The Morgan fingerprint density at radius 1 is 0.459 bits per heavy atom. The predicted molar refractivity (Wildman–Crippen MR) is 347 cm³/mol. The van der Waals surface area contributed by atoms with Crippen molar-refractivity contribution in [3.63, 3.8) is 0 Å². The van der Waals surface area contributed by atoms with Crippen LogP contribution in [0.3, 0.4) is 0 Å². The summed E-state index contributed by atoms with van der Waals surface area (Å²) >= 11 is 0. The topological polar surface area (TPSA) is 46.8 Å². The Hall–Kier alpha value is -10.2. The minimum atomic E-state index is -0.560. The van der Waals surface area contributed by atoms with Crippen LogP contribution in [0.1, 0.15) is 60.9 Å². The van der Waals surface area contributed by atoms with E-state index in [1.54, 1.807) is 0 Å². The number of allylic oxidation sites excluding steroid dienone is 6. The van der Waals surface area contributed by atoms with Crippen LogP contribution < -0.4 is 4.90 Å². The van der Waals surface area contributed by atoms with Crippen LogP contribution in [0.25, 0.3) is 94.8 Å². The lowest BCUT2D eigenvalue weighted by Gasteiger charge is -2.42. The Bertz CT molecular complexity index is 4930. The summed E-state index contributed by atoms with van der Waals surface area (Å²) in [7, 11) is 0. The molecular formula is C80H57N5. The van der Waals surface area contributed by atoms with Gasteiger partial charge >= 0.3 is 0 Å². The summed E-state index contributed by atoms with van der Waals surface area (Å²) in [5.74, 6) is 2.18. The highest BCUT2D eigenvalue weighted by atomic mass is 15.3. The van der Waals surface area contributed by atoms with E-state index in [2.05, 4.69) is 291 Å². The van der Waals surface area contributed by atoms with E-state index in [-0.39, 0.29) is 17.4 Å². The van der Waals surface area contributed by atoms with Crippen molar-refractivity contribution < 1.29 is 0 Å². The molecule has 5 heteroatoms. The summed E-state index contributed by atoms with van der Waals surface area (Å²) in [6.07, 6.45) is 10.9. The molecule has 0 saturated heterocycles. The van der Waals surface area contributed by atoms with Crippen molar-refractivity contribution in [3.8, 4) is 73.0 Å². The monoisotopic (exact) mass is 1090 g/mol. The summed E-state index contributed by atoms with van der Waals surface area (Å²) in [6.45, 7) is 7.18. The Balaban J connectivity index is 0.875. The fourth-order valence-electron chi connectivity index (χ4n) is 16.2. The second-order valence-corrected chi connectivity index (χ2v) is 24.6. The number of nitrogens with zero attached hydrogens (tertiary/aromatic N) is 5. The Morgan fingerprint density at radius 3 is 1.79 bits per heavy atom. The first-order chi connectivity index (χ1) is 41.8. The summed E-state index contributed by atoms with van der Waals surface area (Å²) in [4.78, 5) is 19.3. The molecule has 1 spiro atoms. The van der Waals surface area contributed by atoms with Crippen LogP contribution >= 0.6 is 0 Å². The molecule has 1 aliphatic heterocycles. The molecule has 12 aromatic rings. The first kappa shape index (κ1) is 48.3. The van der Waals surface area contributed by atoms with E-state index >= 15 is 0 Å². The van der Waals surface area contributed by atoms with E-state index in [0.29, 0.717) is 23.5 Å². The van der Waals surface area contributed by atoms with Crippen molar-refractivity contribution >= 4 is 33.4 Å². The lowest BCUT2D eigenvalue weighted by atomic mass is 9.64. The first-order valence-electron chi connectivity index (χ1n) is 30.1. The highest BCUT2D eigenvalue weighted by Crippen LogP contribution is 2.68. The second-order valence-electron chi connectivity index (χ2n) is 24.6. The first-order valence-corrected chi connectivity index (χ1v) is 30.1. The zero-order valence-corrected chi connectivity index (χ0v) is 47.5. The molecule has 3 heterocycles. The number of anilines is 2. The molecule has 3 atom stereocenters. The van der Waals surface area contributed by atoms with E-state index in [1.807, 2.05) is 0 Å². The standard InChI is InChI=1S/C80H57N5/c1-48-21-19-36-68-73(48)60-40-39-59-62-44-52(53-37-41-70-63(45-53)64-46-61-58-32-13-16-33-65(58)79(2,3)69(61)47-72(64)84(70)55-28-11-6-12-29-55)38-42-71(62)85(75(59)74(60)80(68)66-34-17-14-30-56(66)57-31-15-18-35-67(57)80)78-82-76(50-24-9-5-10-25-50)81-77(83-78)54-27-20-26-51(43-54)49-22-7-4-8-23-49/h4-20,22-48,59,75H,21H2,1-3H3.